The standard InChI is InChI=1S/C17H16ClF3N2O2/c1-25-15-7-6-11(10-13(15)18)22-9-8-16(24)23-14-5-3-2-4-12(14)17(19,20)21/h2-7,10,22H,8-9H2,1H3,(H,23,24). The first-order valence-corrected chi connectivity index (χ1v) is 7.72. The molecule has 8 heteroatoms. The molecule has 0 saturated carbocycles. The van der Waals surface area contributed by atoms with Crippen LogP contribution in [0.2, 0.25) is 5.02 Å². The Morgan fingerprint density at radius 1 is 1.20 bits per heavy atom. The Bertz CT molecular complexity index is 751. The lowest BCUT2D eigenvalue weighted by Crippen LogP contribution is -2.19. The zero-order valence-electron chi connectivity index (χ0n) is 13.3. The summed E-state index contributed by atoms with van der Waals surface area (Å²) in [5.41, 5.74) is -0.458. The lowest BCUT2D eigenvalue weighted by atomic mass is 10.1. The van der Waals surface area contributed by atoms with Crippen LogP contribution in [-0.4, -0.2) is 19.6 Å². The van der Waals surface area contributed by atoms with Crippen LogP contribution in [0.15, 0.2) is 42.5 Å². The lowest BCUT2D eigenvalue weighted by Gasteiger charge is -2.14. The molecule has 0 heterocycles. The highest BCUT2D eigenvalue weighted by Gasteiger charge is 2.33. The molecule has 1 amide bonds. The number of para-hydroxylation sites is 1. The lowest BCUT2D eigenvalue weighted by molar-refractivity contribution is -0.137. The van der Waals surface area contributed by atoms with Gasteiger partial charge in [0.25, 0.3) is 0 Å². The van der Waals surface area contributed by atoms with E-state index in [1.807, 2.05) is 0 Å². The fourth-order valence-corrected chi connectivity index (χ4v) is 2.41. The molecule has 0 aromatic heterocycles. The van der Waals surface area contributed by atoms with E-state index in [-0.39, 0.29) is 18.7 Å². The second kappa shape index (κ2) is 8.11. The monoisotopic (exact) mass is 372 g/mol. The Morgan fingerprint density at radius 3 is 2.56 bits per heavy atom. The molecule has 25 heavy (non-hydrogen) atoms. The third-order valence-corrected chi connectivity index (χ3v) is 3.63. The molecular weight excluding hydrogens is 357 g/mol. The molecule has 0 radical (unpaired) electrons. The zero-order valence-corrected chi connectivity index (χ0v) is 14.0. The maximum absolute atomic E-state index is 12.9. The molecule has 0 spiro atoms. The van der Waals surface area contributed by atoms with Crippen molar-refractivity contribution in [3.8, 4) is 5.75 Å². The first-order valence-electron chi connectivity index (χ1n) is 7.34. The summed E-state index contributed by atoms with van der Waals surface area (Å²) in [6.45, 7) is 0.239. The van der Waals surface area contributed by atoms with Crippen LogP contribution >= 0.6 is 11.6 Å². The Hall–Kier alpha value is -2.41. The third-order valence-electron chi connectivity index (χ3n) is 3.34. The largest absolute Gasteiger partial charge is 0.495 e. The fraction of sp³-hybridized carbons (Fsp3) is 0.235. The third kappa shape index (κ3) is 5.29. The van der Waals surface area contributed by atoms with E-state index in [1.54, 1.807) is 18.2 Å². The molecule has 0 aliphatic heterocycles. The van der Waals surface area contributed by atoms with Gasteiger partial charge in [0.15, 0.2) is 0 Å². The van der Waals surface area contributed by atoms with E-state index < -0.39 is 17.6 Å². The van der Waals surface area contributed by atoms with Crippen LogP contribution in [0, 0.1) is 0 Å². The summed E-state index contributed by atoms with van der Waals surface area (Å²) in [7, 11) is 1.50. The number of alkyl halides is 3. The van der Waals surface area contributed by atoms with E-state index in [0.29, 0.717) is 16.5 Å². The van der Waals surface area contributed by atoms with E-state index in [0.717, 1.165) is 6.07 Å². The van der Waals surface area contributed by atoms with Crippen molar-refractivity contribution >= 4 is 28.9 Å². The molecule has 0 atom stereocenters. The van der Waals surface area contributed by atoms with Gasteiger partial charge < -0.3 is 15.4 Å². The number of hydrogen-bond acceptors (Lipinski definition) is 3. The minimum atomic E-state index is -4.53. The normalized spacial score (nSPS) is 11.1. The molecule has 4 nitrogen and oxygen atoms in total. The smallest absolute Gasteiger partial charge is 0.418 e. The average molecular weight is 373 g/mol. The minimum Gasteiger partial charge on any atom is -0.495 e. The molecule has 2 rings (SSSR count). The summed E-state index contributed by atoms with van der Waals surface area (Å²) in [5, 5.41) is 5.68. The predicted octanol–water partition coefficient (Wildman–Crippen LogP) is 4.81. The number of methoxy groups -OCH3 is 1. The van der Waals surface area contributed by atoms with Gasteiger partial charge in [-0.25, -0.2) is 0 Å². The van der Waals surface area contributed by atoms with E-state index >= 15 is 0 Å². The molecule has 134 valence electrons. The van der Waals surface area contributed by atoms with Crippen LogP contribution in [-0.2, 0) is 11.0 Å². The maximum Gasteiger partial charge on any atom is 0.418 e. The van der Waals surface area contributed by atoms with E-state index in [2.05, 4.69) is 10.6 Å². The summed E-state index contributed by atoms with van der Waals surface area (Å²) in [6, 6.07) is 9.88. The maximum atomic E-state index is 12.9. The van der Waals surface area contributed by atoms with Crippen molar-refractivity contribution in [3.63, 3.8) is 0 Å². The van der Waals surface area contributed by atoms with Gasteiger partial charge in [-0.15, -0.1) is 0 Å². The second-order valence-electron chi connectivity index (χ2n) is 5.12. The molecular formula is C17H16ClF3N2O2. The van der Waals surface area contributed by atoms with Gasteiger partial charge in [-0.2, -0.15) is 13.2 Å². The molecule has 0 aliphatic carbocycles. The number of benzene rings is 2. The average Bonchev–Trinajstić information content (AvgIpc) is 2.54. The van der Waals surface area contributed by atoms with E-state index in [9.17, 15) is 18.0 Å². The highest BCUT2D eigenvalue weighted by atomic mass is 35.5. The van der Waals surface area contributed by atoms with Gasteiger partial charge in [-0.3, -0.25) is 4.79 Å². The van der Waals surface area contributed by atoms with Crippen LogP contribution in [0.1, 0.15) is 12.0 Å². The highest BCUT2D eigenvalue weighted by molar-refractivity contribution is 6.32. The minimum absolute atomic E-state index is 0.00413. The van der Waals surface area contributed by atoms with Crippen molar-refractivity contribution < 1.29 is 22.7 Å². The van der Waals surface area contributed by atoms with E-state index in [1.165, 1.54) is 25.3 Å². The van der Waals surface area contributed by atoms with Gasteiger partial charge >= 0.3 is 6.18 Å². The molecule has 0 aliphatic rings. The number of amides is 1. The summed E-state index contributed by atoms with van der Waals surface area (Å²) in [6.07, 6.45) is -4.53. The molecule has 0 fully saturated rings. The summed E-state index contributed by atoms with van der Waals surface area (Å²) < 4.78 is 43.7. The molecule has 0 bridgehead atoms. The molecule has 2 aromatic carbocycles. The van der Waals surface area contributed by atoms with Crippen LogP contribution in [0.5, 0.6) is 5.75 Å². The number of rotatable bonds is 6. The van der Waals surface area contributed by atoms with Crippen LogP contribution in [0.25, 0.3) is 0 Å². The summed E-state index contributed by atoms with van der Waals surface area (Å²) in [4.78, 5) is 11.9. The van der Waals surface area contributed by atoms with Crippen LogP contribution in [0.4, 0.5) is 24.5 Å². The number of anilines is 2. The number of carbonyl (C=O) groups is 1. The Labute approximate surface area is 147 Å². The van der Waals surface area contributed by atoms with Crippen molar-refractivity contribution in [1.29, 1.82) is 0 Å². The van der Waals surface area contributed by atoms with Gasteiger partial charge in [0.05, 0.1) is 23.4 Å². The van der Waals surface area contributed by atoms with E-state index in [4.69, 9.17) is 16.3 Å². The van der Waals surface area contributed by atoms with Gasteiger partial charge in [-0.05, 0) is 30.3 Å². The number of halogens is 4. The van der Waals surface area contributed by atoms with Gasteiger partial charge in [0.1, 0.15) is 5.75 Å². The predicted molar refractivity (Wildman–Crippen MR) is 91.2 cm³/mol. The summed E-state index contributed by atoms with van der Waals surface area (Å²) >= 11 is 5.99. The Balaban J connectivity index is 1.91. The second-order valence-corrected chi connectivity index (χ2v) is 5.52. The SMILES string of the molecule is COc1ccc(NCCC(=O)Nc2ccccc2C(F)(F)F)cc1Cl. The van der Waals surface area contributed by atoms with Crippen molar-refractivity contribution in [2.75, 3.05) is 24.3 Å². The van der Waals surface area contributed by atoms with Crippen molar-refractivity contribution in [2.45, 2.75) is 12.6 Å². The number of nitrogens with one attached hydrogen (secondary N) is 2. The van der Waals surface area contributed by atoms with Gasteiger partial charge in [-0.1, -0.05) is 23.7 Å². The zero-order chi connectivity index (χ0) is 18.4. The topological polar surface area (TPSA) is 50.4 Å². The molecule has 2 N–H and O–H groups in total. The number of hydrogen-bond donors (Lipinski definition) is 2. The first-order chi connectivity index (χ1) is 11.8. The highest BCUT2D eigenvalue weighted by Crippen LogP contribution is 2.34. The van der Waals surface area contributed by atoms with Crippen molar-refractivity contribution in [2.24, 2.45) is 0 Å². The quantitative estimate of drug-likeness (QED) is 0.765. The summed E-state index contributed by atoms with van der Waals surface area (Å²) in [5.74, 6) is -0.00229. The van der Waals surface area contributed by atoms with Crippen molar-refractivity contribution in [1.82, 2.24) is 0 Å². The molecule has 0 saturated heterocycles. The van der Waals surface area contributed by atoms with Gasteiger partial charge in [0.2, 0.25) is 5.91 Å². The molecule has 0 unspecified atom stereocenters. The number of carbonyl (C=O) groups excluding carboxylic acids is 1. The van der Waals surface area contributed by atoms with Gasteiger partial charge in [0, 0.05) is 18.7 Å². The first kappa shape index (κ1) is 18.9. The fourth-order valence-electron chi connectivity index (χ4n) is 2.15. The Kier molecular flexibility index (Phi) is 6.14. The Morgan fingerprint density at radius 2 is 1.92 bits per heavy atom. The van der Waals surface area contributed by atoms with Crippen LogP contribution < -0.4 is 15.4 Å². The van der Waals surface area contributed by atoms with Crippen LogP contribution in [0.3, 0.4) is 0 Å². The van der Waals surface area contributed by atoms with Crippen molar-refractivity contribution in [3.05, 3.63) is 53.1 Å². The number of ether oxygens (including phenoxy) is 1. The molecule has 2 aromatic rings.